The average Bonchev–Trinajstić information content (AvgIpc) is 3.19. The Morgan fingerprint density at radius 2 is 1.94 bits per heavy atom. The number of carbonyl (C=O) groups excluding carboxylic acids is 1. The molecule has 1 aromatic carbocycles. The Morgan fingerprint density at radius 3 is 2.64 bits per heavy atom. The van der Waals surface area contributed by atoms with E-state index in [9.17, 15) is 9.90 Å². The number of carbonyl (C=O) groups is 1. The van der Waals surface area contributed by atoms with E-state index in [0.29, 0.717) is 30.0 Å². The summed E-state index contributed by atoms with van der Waals surface area (Å²) in [6.07, 6.45) is 3.26. The van der Waals surface area contributed by atoms with Crippen LogP contribution in [-0.2, 0) is 14.3 Å². The zero-order chi connectivity index (χ0) is 25.1. The highest BCUT2D eigenvalue weighted by atomic mass is 35.5. The van der Waals surface area contributed by atoms with E-state index in [0.717, 1.165) is 68.7 Å². The monoisotopic (exact) mass is 514 g/mol. The second-order valence-corrected chi connectivity index (χ2v) is 11.8. The number of fused-ring (bicyclic) bond motifs is 1. The van der Waals surface area contributed by atoms with Gasteiger partial charge in [0.25, 0.3) is 0 Å². The molecule has 36 heavy (non-hydrogen) atoms. The maximum Gasteiger partial charge on any atom is 0.229 e. The normalized spacial score (nSPS) is 34.9. The van der Waals surface area contributed by atoms with Crippen molar-refractivity contribution in [1.29, 1.82) is 0 Å². The molecule has 1 saturated carbocycles. The molecular weight excluding hydrogens is 480 g/mol. The van der Waals surface area contributed by atoms with E-state index in [1.807, 2.05) is 12.1 Å². The number of nitrogens with one attached hydrogen (secondary N) is 1. The van der Waals surface area contributed by atoms with Crippen LogP contribution in [-0.4, -0.2) is 85.1 Å². The van der Waals surface area contributed by atoms with Crippen molar-refractivity contribution in [1.82, 2.24) is 9.88 Å². The topological polar surface area (TPSA) is 87.2 Å². The Morgan fingerprint density at radius 1 is 1.14 bits per heavy atom. The van der Waals surface area contributed by atoms with Gasteiger partial charge in [0.15, 0.2) is 0 Å². The van der Waals surface area contributed by atoms with Crippen LogP contribution < -0.4 is 10.2 Å². The fourth-order valence-corrected chi connectivity index (χ4v) is 6.66. The van der Waals surface area contributed by atoms with Gasteiger partial charge in [0.2, 0.25) is 5.91 Å². The number of pyridine rings is 1. The quantitative estimate of drug-likeness (QED) is 0.633. The molecule has 4 fully saturated rings. The first-order chi connectivity index (χ1) is 17.3. The van der Waals surface area contributed by atoms with E-state index in [4.69, 9.17) is 21.1 Å². The molecule has 0 bridgehead atoms. The van der Waals surface area contributed by atoms with E-state index >= 15 is 0 Å². The van der Waals surface area contributed by atoms with E-state index in [1.54, 1.807) is 6.20 Å². The van der Waals surface area contributed by atoms with E-state index in [1.165, 1.54) is 0 Å². The van der Waals surface area contributed by atoms with E-state index in [2.05, 4.69) is 40.0 Å². The number of ether oxygens (including phenoxy) is 2. The first-order valence-electron chi connectivity index (χ1n) is 13.0. The number of aromatic nitrogens is 1. The summed E-state index contributed by atoms with van der Waals surface area (Å²) in [6, 6.07) is 5.98. The average molecular weight is 515 g/mol. The molecule has 6 rings (SSSR count). The number of amides is 1. The van der Waals surface area contributed by atoms with Crippen LogP contribution in [0.25, 0.3) is 10.8 Å². The summed E-state index contributed by atoms with van der Waals surface area (Å²) < 4.78 is 11.1. The van der Waals surface area contributed by atoms with Gasteiger partial charge in [-0.1, -0.05) is 18.5 Å². The highest BCUT2D eigenvalue weighted by Gasteiger charge is 2.59. The molecule has 1 aliphatic carbocycles. The van der Waals surface area contributed by atoms with Crippen LogP contribution in [0.1, 0.15) is 26.7 Å². The first-order valence-corrected chi connectivity index (χ1v) is 13.4. The summed E-state index contributed by atoms with van der Waals surface area (Å²) in [5.74, 6) is 1.11. The molecule has 2 N–H and O–H groups in total. The molecule has 3 unspecified atom stereocenters. The van der Waals surface area contributed by atoms with Crippen LogP contribution in [0.4, 0.5) is 11.5 Å². The highest BCUT2D eigenvalue weighted by Crippen LogP contribution is 2.59. The van der Waals surface area contributed by atoms with Gasteiger partial charge in [-0.3, -0.25) is 9.69 Å². The predicted octanol–water partition coefficient (Wildman–Crippen LogP) is 3.16. The van der Waals surface area contributed by atoms with Gasteiger partial charge in [-0.15, -0.1) is 0 Å². The van der Waals surface area contributed by atoms with Crippen LogP contribution >= 0.6 is 11.6 Å². The zero-order valence-electron chi connectivity index (χ0n) is 21.0. The number of piperazine rings is 1. The molecule has 8 nitrogen and oxygen atoms in total. The zero-order valence-corrected chi connectivity index (χ0v) is 21.8. The molecule has 3 saturated heterocycles. The van der Waals surface area contributed by atoms with Crippen molar-refractivity contribution in [3.05, 3.63) is 29.4 Å². The molecule has 9 heteroatoms. The van der Waals surface area contributed by atoms with Gasteiger partial charge in [-0.05, 0) is 54.7 Å². The Kier molecular flexibility index (Phi) is 6.16. The Balaban J connectivity index is 1.15. The first kappa shape index (κ1) is 24.4. The lowest BCUT2D eigenvalue weighted by molar-refractivity contribution is -0.118. The number of hydrogen-bond acceptors (Lipinski definition) is 7. The van der Waals surface area contributed by atoms with E-state index < -0.39 is 6.10 Å². The van der Waals surface area contributed by atoms with Crippen LogP contribution in [0.2, 0.25) is 5.02 Å². The molecule has 5 atom stereocenters. The van der Waals surface area contributed by atoms with Crippen molar-refractivity contribution in [2.45, 2.75) is 38.3 Å². The molecule has 0 radical (unpaired) electrons. The molecule has 1 aromatic heterocycles. The van der Waals surface area contributed by atoms with Crippen molar-refractivity contribution in [3.8, 4) is 0 Å². The number of rotatable bonds is 5. The lowest BCUT2D eigenvalue weighted by Crippen LogP contribution is -2.60. The standard InChI is InChI=1S/C27H35ClN4O4/c1-26(19-3-8-35-14-19)12-20(26)25(34)30-24-11-17-10-22(21(28)9-18(17)13-29-24)31-4-6-32(7-5-31)27(2)16-36-15-23(27)33/h9-11,13,19-20,23,33H,3-8,12,14-16H2,1-2H3,(H,29,30,34)/t19?,20?,23-,26?,27+/m0/s1. The molecular formula is C27H35ClN4O4. The van der Waals surface area contributed by atoms with Crippen LogP contribution in [0.3, 0.4) is 0 Å². The van der Waals surface area contributed by atoms with Crippen molar-refractivity contribution >= 4 is 39.8 Å². The van der Waals surface area contributed by atoms with Crippen molar-refractivity contribution in [2.75, 3.05) is 62.8 Å². The Hall–Kier alpha value is -1.97. The van der Waals surface area contributed by atoms with Gasteiger partial charge in [0.1, 0.15) is 5.82 Å². The fraction of sp³-hybridized carbons (Fsp3) is 0.630. The number of aliphatic hydroxyl groups excluding tert-OH is 1. The minimum atomic E-state index is -0.463. The van der Waals surface area contributed by atoms with Gasteiger partial charge in [0, 0.05) is 50.3 Å². The summed E-state index contributed by atoms with van der Waals surface area (Å²) in [5.41, 5.74) is 0.690. The molecule has 1 amide bonds. The minimum absolute atomic E-state index is 0.0180. The Labute approximate surface area is 216 Å². The summed E-state index contributed by atoms with van der Waals surface area (Å²) in [6.45, 7) is 10.1. The largest absolute Gasteiger partial charge is 0.389 e. The number of benzene rings is 1. The predicted molar refractivity (Wildman–Crippen MR) is 140 cm³/mol. The second kappa shape index (κ2) is 9.10. The minimum Gasteiger partial charge on any atom is -0.389 e. The molecule has 0 spiro atoms. The number of anilines is 2. The van der Waals surface area contributed by atoms with Gasteiger partial charge in [-0.2, -0.15) is 0 Å². The van der Waals surface area contributed by atoms with Crippen molar-refractivity contribution < 1.29 is 19.4 Å². The maximum absolute atomic E-state index is 13.0. The van der Waals surface area contributed by atoms with E-state index in [-0.39, 0.29) is 22.8 Å². The third-order valence-corrected chi connectivity index (χ3v) is 9.53. The number of aliphatic hydroxyl groups is 1. The van der Waals surface area contributed by atoms with Gasteiger partial charge >= 0.3 is 0 Å². The smallest absolute Gasteiger partial charge is 0.229 e. The lowest BCUT2D eigenvalue weighted by Gasteiger charge is -2.45. The maximum atomic E-state index is 13.0. The third kappa shape index (κ3) is 4.17. The van der Waals surface area contributed by atoms with Gasteiger partial charge in [-0.25, -0.2) is 4.98 Å². The Bertz CT molecular complexity index is 1170. The van der Waals surface area contributed by atoms with Crippen molar-refractivity contribution in [2.24, 2.45) is 17.3 Å². The van der Waals surface area contributed by atoms with Crippen LogP contribution in [0.5, 0.6) is 0 Å². The third-order valence-electron chi connectivity index (χ3n) is 9.23. The summed E-state index contributed by atoms with van der Waals surface area (Å²) in [4.78, 5) is 22.1. The SMILES string of the molecule is CC1(C2CCOC2)CC1C(=O)Nc1cc2cc(N3CCN([C@]4(C)COC[C@@H]4O)CC3)c(Cl)cc2cn1. The summed E-state index contributed by atoms with van der Waals surface area (Å²) in [5, 5.41) is 16.1. The lowest BCUT2D eigenvalue weighted by atomic mass is 9.88. The van der Waals surface area contributed by atoms with Crippen LogP contribution in [0, 0.1) is 17.3 Å². The highest BCUT2D eigenvalue weighted by molar-refractivity contribution is 6.34. The van der Waals surface area contributed by atoms with Crippen LogP contribution in [0.15, 0.2) is 24.4 Å². The molecule has 194 valence electrons. The van der Waals surface area contributed by atoms with Crippen molar-refractivity contribution in [3.63, 3.8) is 0 Å². The molecule has 2 aromatic rings. The van der Waals surface area contributed by atoms with Gasteiger partial charge in [0.05, 0.1) is 42.2 Å². The molecule has 3 aliphatic heterocycles. The molecule has 4 heterocycles. The van der Waals surface area contributed by atoms with Gasteiger partial charge < -0.3 is 24.8 Å². The fourth-order valence-electron chi connectivity index (χ4n) is 6.37. The summed E-state index contributed by atoms with van der Waals surface area (Å²) in [7, 11) is 0. The number of nitrogens with zero attached hydrogens (tertiary/aromatic N) is 3. The second-order valence-electron chi connectivity index (χ2n) is 11.4. The number of halogens is 1. The number of hydrogen-bond donors (Lipinski definition) is 2. The summed E-state index contributed by atoms with van der Waals surface area (Å²) >= 11 is 6.70. The molecule has 4 aliphatic rings.